The Morgan fingerprint density at radius 1 is 1.10 bits per heavy atom. The lowest BCUT2D eigenvalue weighted by Crippen LogP contribution is -2.39. The molecule has 3 nitrogen and oxygen atoms in total. The van der Waals surface area contributed by atoms with Crippen LogP contribution in [0, 0.1) is 0 Å². The van der Waals surface area contributed by atoms with Crippen molar-refractivity contribution in [1.82, 2.24) is 4.90 Å². The van der Waals surface area contributed by atoms with Crippen LogP contribution in [0.2, 0.25) is 0 Å². The van der Waals surface area contributed by atoms with Gasteiger partial charge < -0.3 is 10.6 Å². The highest BCUT2D eigenvalue weighted by Crippen LogP contribution is 2.33. The number of hydrogen-bond donors (Lipinski definition) is 1. The summed E-state index contributed by atoms with van der Waals surface area (Å²) in [5.41, 5.74) is 9.36. The Morgan fingerprint density at radius 2 is 1.81 bits per heavy atom. The van der Waals surface area contributed by atoms with Gasteiger partial charge in [-0.2, -0.15) is 0 Å². The van der Waals surface area contributed by atoms with Crippen LogP contribution in [0.25, 0.3) is 0 Å². The molecule has 0 radical (unpaired) electrons. The minimum atomic E-state index is 0.146. The van der Waals surface area contributed by atoms with E-state index in [9.17, 15) is 4.79 Å². The Labute approximate surface area is 125 Å². The zero-order chi connectivity index (χ0) is 14.7. The molecule has 0 aliphatic carbocycles. The van der Waals surface area contributed by atoms with Gasteiger partial charge in [0, 0.05) is 32.0 Å². The topological polar surface area (TPSA) is 46.3 Å². The van der Waals surface area contributed by atoms with Crippen molar-refractivity contribution in [3.05, 3.63) is 71.3 Å². The molecule has 21 heavy (non-hydrogen) atoms. The number of carbonyl (C=O) groups excluding carboxylic acids is 1. The van der Waals surface area contributed by atoms with Crippen LogP contribution in [0.5, 0.6) is 0 Å². The van der Waals surface area contributed by atoms with Crippen molar-refractivity contribution >= 4 is 5.91 Å². The number of nitrogens with two attached hydrogens (primary N) is 1. The molecule has 0 bridgehead atoms. The lowest BCUT2D eigenvalue weighted by atomic mass is 9.84. The molecule has 0 saturated carbocycles. The van der Waals surface area contributed by atoms with E-state index in [1.54, 1.807) is 0 Å². The Kier molecular flexibility index (Phi) is 4.02. The van der Waals surface area contributed by atoms with E-state index in [2.05, 4.69) is 42.5 Å². The van der Waals surface area contributed by atoms with Crippen LogP contribution >= 0.6 is 0 Å². The van der Waals surface area contributed by atoms with Crippen molar-refractivity contribution in [2.45, 2.75) is 18.9 Å². The van der Waals surface area contributed by atoms with Crippen molar-refractivity contribution in [1.29, 1.82) is 0 Å². The Balaban J connectivity index is 1.96. The number of nitrogens with zero attached hydrogens (tertiary/aromatic N) is 1. The predicted molar refractivity (Wildman–Crippen MR) is 83.8 cm³/mol. The minimum absolute atomic E-state index is 0.146. The Hall–Kier alpha value is -2.13. The predicted octanol–water partition coefficient (Wildman–Crippen LogP) is 2.51. The molecule has 1 atom stereocenters. The molecule has 2 N–H and O–H groups in total. The first kappa shape index (κ1) is 13.8. The monoisotopic (exact) mass is 280 g/mol. The second kappa shape index (κ2) is 6.10. The Morgan fingerprint density at radius 3 is 2.57 bits per heavy atom. The summed E-state index contributed by atoms with van der Waals surface area (Å²) in [6, 6.07) is 18.8. The molecule has 0 fully saturated rings. The van der Waals surface area contributed by atoms with Gasteiger partial charge in [-0.05, 0) is 16.7 Å². The van der Waals surface area contributed by atoms with Gasteiger partial charge in [-0.15, -0.1) is 0 Å². The van der Waals surface area contributed by atoms with Crippen molar-refractivity contribution in [3.8, 4) is 0 Å². The van der Waals surface area contributed by atoms with Gasteiger partial charge >= 0.3 is 0 Å². The number of amides is 1. The van der Waals surface area contributed by atoms with E-state index in [0.29, 0.717) is 19.5 Å². The van der Waals surface area contributed by atoms with Crippen LogP contribution in [0.4, 0.5) is 0 Å². The molecular weight excluding hydrogens is 260 g/mol. The number of hydrogen-bond acceptors (Lipinski definition) is 2. The van der Waals surface area contributed by atoms with Crippen LogP contribution in [0.15, 0.2) is 54.6 Å². The summed E-state index contributed by atoms with van der Waals surface area (Å²) in [4.78, 5) is 14.2. The maximum atomic E-state index is 12.2. The smallest absolute Gasteiger partial charge is 0.224 e. The summed E-state index contributed by atoms with van der Waals surface area (Å²) in [5, 5.41) is 0. The van der Waals surface area contributed by atoms with Gasteiger partial charge in [-0.25, -0.2) is 0 Å². The third kappa shape index (κ3) is 2.83. The van der Waals surface area contributed by atoms with Crippen LogP contribution in [-0.4, -0.2) is 23.9 Å². The number of carbonyl (C=O) groups is 1. The third-order valence-electron chi connectivity index (χ3n) is 4.11. The van der Waals surface area contributed by atoms with Crippen LogP contribution < -0.4 is 5.73 Å². The maximum Gasteiger partial charge on any atom is 0.224 e. The van der Waals surface area contributed by atoms with Gasteiger partial charge in [0.1, 0.15) is 0 Å². The van der Waals surface area contributed by atoms with Crippen LogP contribution in [-0.2, 0) is 11.3 Å². The van der Waals surface area contributed by atoms with E-state index >= 15 is 0 Å². The number of rotatable bonds is 3. The zero-order valence-electron chi connectivity index (χ0n) is 12.0. The molecule has 1 amide bonds. The fourth-order valence-corrected chi connectivity index (χ4v) is 3.05. The molecule has 3 heteroatoms. The third-order valence-corrected chi connectivity index (χ3v) is 4.11. The van der Waals surface area contributed by atoms with Crippen LogP contribution in [0.1, 0.15) is 29.0 Å². The number of benzene rings is 2. The van der Waals surface area contributed by atoms with Crippen molar-refractivity contribution in [2.75, 3.05) is 13.1 Å². The van der Waals surface area contributed by atoms with Crippen molar-refractivity contribution < 1.29 is 4.79 Å². The lowest BCUT2D eigenvalue weighted by Gasteiger charge is -2.35. The summed E-state index contributed by atoms with van der Waals surface area (Å²) in [7, 11) is 0. The van der Waals surface area contributed by atoms with Crippen molar-refractivity contribution in [2.24, 2.45) is 5.73 Å². The fraction of sp³-hybridized carbons (Fsp3) is 0.278. The average Bonchev–Trinajstić information content (AvgIpc) is 2.55. The first-order valence-electron chi connectivity index (χ1n) is 7.40. The Bertz CT molecular complexity index is 624. The highest BCUT2D eigenvalue weighted by molar-refractivity contribution is 5.77. The molecule has 0 saturated heterocycles. The average molecular weight is 280 g/mol. The molecule has 1 aliphatic heterocycles. The van der Waals surface area contributed by atoms with E-state index in [-0.39, 0.29) is 11.8 Å². The van der Waals surface area contributed by atoms with E-state index < -0.39 is 0 Å². The quantitative estimate of drug-likeness (QED) is 0.939. The van der Waals surface area contributed by atoms with E-state index in [0.717, 1.165) is 6.54 Å². The van der Waals surface area contributed by atoms with Crippen molar-refractivity contribution in [3.63, 3.8) is 0 Å². The second-order valence-corrected chi connectivity index (χ2v) is 5.48. The van der Waals surface area contributed by atoms with Gasteiger partial charge in [0.05, 0.1) is 0 Å². The molecule has 1 aliphatic rings. The highest BCUT2D eigenvalue weighted by atomic mass is 16.2. The van der Waals surface area contributed by atoms with Gasteiger partial charge in [-0.1, -0.05) is 54.6 Å². The summed E-state index contributed by atoms with van der Waals surface area (Å²) in [6.45, 7) is 1.84. The lowest BCUT2D eigenvalue weighted by molar-refractivity contribution is -0.132. The fourth-order valence-electron chi connectivity index (χ4n) is 3.05. The van der Waals surface area contributed by atoms with Crippen LogP contribution in [0.3, 0.4) is 0 Å². The maximum absolute atomic E-state index is 12.2. The molecule has 2 aromatic rings. The molecule has 1 heterocycles. The van der Waals surface area contributed by atoms with Gasteiger partial charge in [-0.3, -0.25) is 4.79 Å². The summed E-state index contributed by atoms with van der Waals surface area (Å²) >= 11 is 0. The van der Waals surface area contributed by atoms with E-state index in [1.165, 1.54) is 16.7 Å². The first-order chi connectivity index (χ1) is 10.3. The summed E-state index contributed by atoms with van der Waals surface area (Å²) in [6.07, 6.45) is 0.420. The summed E-state index contributed by atoms with van der Waals surface area (Å²) in [5.74, 6) is 0.394. The minimum Gasteiger partial charge on any atom is -0.337 e. The molecular formula is C18H20N2O. The molecule has 108 valence electrons. The standard InChI is InChI=1S/C18H20N2O/c19-11-10-18(21)20-12-15-8-4-5-9-16(15)17(13-20)14-6-2-1-3-7-14/h1-9,17H,10-13,19H2. The van der Waals surface area contributed by atoms with Gasteiger partial charge in [0.15, 0.2) is 0 Å². The zero-order valence-corrected chi connectivity index (χ0v) is 12.0. The van der Waals surface area contributed by atoms with Gasteiger partial charge in [0.2, 0.25) is 5.91 Å². The summed E-state index contributed by atoms with van der Waals surface area (Å²) < 4.78 is 0. The second-order valence-electron chi connectivity index (χ2n) is 5.48. The highest BCUT2D eigenvalue weighted by Gasteiger charge is 2.28. The van der Waals surface area contributed by atoms with Gasteiger partial charge in [0.25, 0.3) is 0 Å². The molecule has 0 spiro atoms. The molecule has 2 aromatic carbocycles. The SMILES string of the molecule is NCCC(=O)N1Cc2ccccc2C(c2ccccc2)C1. The normalized spacial score (nSPS) is 17.4. The largest absolute Gasteiger partial charge is 0.337 e. The first-order valence-corrected chi connectivity index (χ1v) is 7.40. The molecule has 0 aromatic heterocycles. The van der Waals surface area contributed by atoms with E-state index in [1.807, 2.05) is 17.0 Å². The van der Waals surface area contributed by atoms with E-state index in [4.69, 9.17) is 5.73 Å². The number of fused-ring (bicyclic) bond motifs is 1. The molecule has 3 rings (SSSR count). The molecule has 1 unspecified atom stereocenters.